The fourth-order valence-electron chi connectivity index (χ4n) is 0.680. The van der Waals surface area contributed by atoms with Gasteiger partial charge in [-0.25, -0.2) is 0 Å². The van der Waals surface area contributed by atoms with Crippen LogP contribution >= 0.6 is 0 Å². The molecule has 0 aromatic rings. The molecule has 1 unspecified atom stereocenters. The molecule has 0 bridgehead atoms. The Labute approximate surface area is 52.9 Å². The van der Waals surface area contributed by atoms with Gasteiger partial charge in [-0.15, -0.1) is 0 Å². The number of hydrogen-bond donors (Lipinski definition) is 1. The first-order valence-corrected chi connectivity index (χ1v) is 2.70. The third kappa shape index (κ3) is 1.54. The second kappa shape index (κ2) is 1.84. The molecule has 0 saturated carbocycles. The van der Waals surface area contributed by atoms with E-state index in [1.54, 1.807) is 0 Å². The normalized spacial score (nSPS) is 34.2. The minimum absolute atomic E-state index is 0.0451. The second-order valence-electron chi connectivity index (χ2n) is 2.24. The van der Waals surface area contributed by atoms with Crippen LogP contribution in [0.25, 0.3) is 0 Å². The molecule has 3 heteroatoms. The molecule has 0 aromatic carbocycles. The molecule has 0 fully saturated rings. The summed E-state index contributed by atoms with van der Waals surface area (Å²) in [5, 5.41) is 9.05. The van der Waals surface area contributed by atoms with Crippen molar-refractivity contribution in [3.63, 3.8) is 0 Å². The van der Waals surface area contributed by atoms with Gasteiger partial charge in [-0.2, -0.15) is 0 Å². The maximum atomic E-state index is 10.6. The van der Waals surface area contributed by atoms with Crippen LogP contribution in [0, 0.1) is 0 Å². The summed E-state index contributed by atoms with van der Waals surface area (Å²) in [4.78, 5) is 10.6. The van der Waals surface area contributed by atoms with Gasteiger partial charge in [0.25, 0.3) is 0 Å². The lowest BCUT2D eigenvalue weighted by Crippen LogP contribution is -2.31. The second-order valence-corrected chi connectivity index (χ2v) is 2.24. The van der Waals surface area contributed by atoms with Gasteiger partial charge in [0.2, 0.25) is 5.79 Å². The van der Waals surface area contributed by atoms with Crippen LogP contribution in [-0.2, 0) is 9.53 Å². The zero-order valence-electron chi connectivity index (χ0n) is 5.13. The zero-order chi connectivity index (χ0) is 6.91. The van der Waals surface area contributed by atoms with Gasteiger partial charge in [-0.1, -0.05) is 0 Å². The van der Waals surface area contributed by atoms with Crippen LogP contribution in [0.2, 0.25) is 0 Å². The Balaban J connectivity index is 2.68. The number of ether oxygens (including phenoxy) is 1. The number of allylic oxidation sites excluding steroid dienone is 1. The predicted octanol–water partition coefficient (Wildman–Crippen LogP) is 0.198. The van der Waals surface area contributed by atoms with Gasteiger partial charge in [0.1, 0.15) is 0 Å². The van der Waals surface area contributed by atoms with Crippen molar-refractivity contribution in [2.24, 2.45) is 0 Å². The maximum Gasteiger partial charge on any atom is 0.211 e. The summed E-state index contributed by atoms with van der Waals surface area (Å²) in [5.41, 5.74) is 0. The first kappa shape index (κ1) is 6.29. The van der Waals surface area contributed by atoms with Crippen molar-refractivity contribution in [2.45, 2.75) is 19.1 Å². The minimum Gasteiger partial charge on any atom is -0.470 e. The molecule has 0 amide bonds. The lowest BCUT2D eigenvalue weighted by atomic mass is 10.1. The molecule has 0 saturated heterocycles. The lowest BCUT2D eigenvalue weighted by Gasteiger charge is -2.23. The molecule has 0 radical (unpaired) electrons. The van der Waals surface area contributed by atoms with Crippen molar-refractivity contribution in [2.75, 3.05) is 0 Å². The Morgan fingerprint density at radius 2 is 2.56 bits per heavy atom. The van der Waals surface area contributed by atoms with Gasteiger partial charge < -0.3 is 9.84 Å². The Bertz CT molecular complexity index is 158. The smallest absolute Gasteiger partial charge is 0.211 e. The highest BCUT2D eigenvalue weighted by molar-refractivity contribution is 5.90. The topological polar surface area (TPSA) is 46.5 Å². The van der Waals surface area contributed by atoms with E-state index in [-0.39, 0.29) is 12.2 Å². The molecule has 1 atom stereocenters. The Morgan fingerprint density at radius 1 is 1.89 bits per heavy atom. The lowest BCUT2D eigenvalue weighted by molar-refractivity contribution is -0.168. The summed E-state index contributed by atoms with van der Waals surface area (Å²) < 4.78 is 4.69. The Morgan fingerprint density at radius 3 is 2.89 bits per heavy atom. The molecule has 0 spiro atoms. The molecule has 1 aliphatic heterocycles. The highest BCUT2D eigenvalue weighted by Gasteiger charge is 2.26. The molecule has 1 aliphatic rings. The summed E-state index contributed by atoms with van der Waals surface area (Å²) in [5.74, 6) is -1.39. The average molecular weight is 128 g/mol. The van der Waals surface area contributed by atoms with Crippen LogP contribution < -0.4 is 0 Å². The number of ketones is 1. The fourth-order valence-corrected chi connectivity index (χ4v) is 0.680. The van der Waals surface area contributed by atoms with Crippen molar-refractivity contribution in [3.05, 3.63) is 12.3 Å². The average Bonchev–Trinajstić information content (AvgIpc) is 1.60. The van der Waals surface area contributed by atoms with E-state index in [0.717, 1.165) is 0 Å². The first-order chi connectivity index (χ1) is 4.10. The summed E-state index contributed by atoms with van der Waals surface area (Å²) in [6, 6.07) is 0. The predicted molar refractivity (Wildman–Crippen MR) is 30.5 cm³/mol. The van der Waals surface area contributed by atoms with Crippen molar-refractivity contribution in [1.82, 2.24) is 0 Å². The number of carbonyl (C=O) groups is 1. The van der Waals surface area contributed by atoms with Gasteiger partial charge in [-0.05, 0) is 0 Å². The number of hydrogen-bond acceptors (Lipinski definition) is 3. The number of rotatable bonds is 0. The van der Waals surface area contributed by atoms with Gasteiger partial charge in [0.15, 0.2) is 5.78 Å². The Kier molecular flexibility index (Phi) is 1.29. The summed E-state index contributed by atoms with van der Waals surface area (Å²) >= 11 is 0. The molecule has 0 aromatic heterocycles. The van der Waals surface area contributed by atoms with Crippen molar-refractivity contribution >= 4 is 5.78 Å². The monoisotopic (exact) mass is 128 g/mol. The van der Waals surface area contributed by atoms with Crippen molar-refractivity contribution in [1.29, 1.82) is 0 Å². The van der Waals surface area contributed by atoms with Crippen LogP contribution in [0.5, 0.6) is 0 Å². The maximum absolute atomic E-state index is 10.6. The quantitative estimate of drug-likeness (QED) is 0.506. The molecule has 1 N–H and O–H groups in total. The van der Waals surface area contributed by atoms with E-state index >= 15 is 0 Å². The number of carbonyl (C=O) groups excluding carboxylic acids is 1. The van der Waals surface area contributed by atoms with Crippen LogP contribution in [0.1, 0.15) is 13.3 Å². The molecule has 9 heavy (non-hydrogen) atoms. The summed E-state index contributed by atoms with van der Waals surface area (Å²) in [6.45, 7) is 1.45. The zero-order valence-corrected chi connectivity index (χ0v) is 5.13. The minimum atomic E-state index is -1.29. The molecule has 50 valence electrons. The molecular weight excluding hydrogens is 120 g/mol. The third-order valence-corrected chi connectivity index (χ3v) is 1.08. The molecule has 1 heterocycles. The molecule has 3 nitrogen and oxygen atoms in total. The SMILES string of the molecule is CC1(O)CC(=O)C=CO1. The first-order valence-electron chi connectivity index (χ1n) is 2.70. The summed E-state index contributed by atoms with van der Waals surface area (Å²) in [7, 11) is 0. The highest BCUT2D eigenvalue weighted by Crippen LogP contribution is 2.16. The van der Waals surface area contributed by atoms with Gasteiger partial charge >= 0.3 is 0 Å². The Hall–Kier alpha value is -0.830. The van der Waals surface area contributed by atoms with Gasteiger partial charge in [0, 0.05) is 13.0 Å². The fraction of sp³-hybridized carbons (Fsp3) is 0.500. The largest absolute Gasteiger partial charge is 0.470 e. The highest BCUT2D eigenvalue weighted by atomic mass is 16.6. The van der Waals surface area contributed by atoms with E-state index in [4.69, 9.17) is 5.11 Å². The number of aliphatic hydroxyl groups is 1. The van der Waals surface area contributed by atoms with Crippen LogP contribution in [0.4, 0.5) is 0 Å². The molecule has 1 rings (SSSR count). The van der Waals surface area contributed by atoms with E-state index in [9.17, 15) is 4.79 Å². The molecular formula is C6H8O3. The summed E-state index contributed by atoms with van der Waals surface area (Å²) in [6.07, 6.45) is 2.56. The van der Waals surface area contributed by atoms with E-state index < -0.39 is 5.79 Å². The van der Waals surface area contributed by atoms with Gasteiger partial charge in [0.05, 0.1) is 12.7 Å². The van der Waals surface area contributed by atoms with E-state index in [1.807, 2.05) is 0 Å². The molecule has 0 aliphatic carbocycles. The van der Waals surface area contributed by atoms with Crippen LogP contribution in [0.15, 0.2) is 12.3 Å². The van der Waals surface area contributed by atoms with E-state index in [0.29, 0.717) is 0 Å². The van der Waals surface area contributed by atoms with Crippen LogP contribution in [-0.4, -0.2) is 16.7 Å². The van der Waals surface area contributed by atoms with E-state index in [2.05, 4.69) is 4.74 Å². The van der Waals surface area contributed by atoms with E-state index in [1.165, 1.54) is 19.3 Å². The van der Waals surface area contributed by atoms with Crippen molar-refractivity contribution < 1.29 is 14.6 Å². The third-order valence-electron chi connectivity index (χ3n) is 1.08. The van der Waals surface area contributed by atoms with Gasteiger partial charge in [-0.3, -0.25) is 4.79 Å². The van der Waals surface area contributed by atoms with Crippen LogP contribution in [0.3, 0.4) is 0 Å². The van der Waals surface area contributed by atoms with Crippen molar-refractivity contribution in [3.8, 4) is 0 Å². The standard InChI is InChI=1S/C6H8O3/c1-6(8)4-5(7)2-3-9-6/h2-3,8H,4H2,1H3.